The summed E-state index contributed by atoms with van der Waals surface area (Å²) < 4.78 is 5.03. The highest BCUT2D eigenvalue weighted by molar-refractivity contribution is 6.07. The van der Waals surface area contributed by atoms with Gasteiger partial charge in [-0.05, 0) is 18.2 Å². The van der Waals surface area contributed by atoms with E-state index in [1.165, 1.54) is 25.3 Å². The van der Waals surface area contributed by atoms with Crippen molar-refractivity contribution in [1.29, 1.82) is 5.26 Å². The standard InChI is InChI=1S/C18H15N5O5/c1-28-16-8-12(23(26)27)6-7-15(16)22-18(25)11(9-19)10-21-14-5-3-2-4-13(14)17(20)24/h2-8,10,21H,1H3,(H2,20,24)(H,22,25)/b11-10-. The third kappa shape index (κ3) is 4.61. The molecule has 0 fully saturated rings. The van der Waals surface area contributed by atoms with E-state index in [0.29, 0.717) is 5.69 Å². The van der Waals surface area contributed by atoms with E-state index in [4.69, 9.17) is 10.5 Å². The lowest BCUT2D eigenvalue weighted by atomic mass is 10.1. The Morgan fingerprint density at radius 2 is 1.96 bits per heavy atom. The SMILES string of the molecule is COc1cc([N+](=O)[O-])ccc1NC(=O)/C(C#N)=C\Nc1ccccc1C(N)=O. The maximum Gasteiger partial charge on any atom is 0.273 e. The number of nitrogens with one attached hydrogen (secondary N) is 2. The molecular formula is C18H15N5O5. The van der Waals surface area contributed by atoms with Gasteiger partial charge in [-0.2, -0.15) is 5.26 Å². The van der Waals surface area contributed by atoms with Crippen LogP contribution in [0, 0.1) is 21.4 Å². The molecule has 0 bridgehead atoms. The van der Waals surface area contributed by atoms with Crippen molar-refractivity contribution < 1.29 is 19.2 Å². The van der Waals surface area contributed by atoms with Gasteiger partial charge >= 0.3 is 0 Å². The van der Waals surface area contributed by atoms with Crippen LogP contribution < -0.4 is 21.1 Å². The van der Waals surface area contributed by atoms with Crippen LogP contribution in [0.1, 0.15) is 10.4 Å². The lowest BCUT2D eigenvalue weighted by Gasteiger charge is -2.10. The predicted octanol–water partition coefficient (Wildman–Crippen LogP) is 2.16. The first-order chi connectivity index (χ1) is 13.4. The van der Waals surface area contributed by atoms with Gasteiger partial charge in [0.2, 0.25) is 0 Å². The van der Waals surface area contributed by atoms with Crippen LogP contribution in [-0.2, 0) is 4.79 Å². The van der Waals surface area contributed by atoms with E-state index in [2.05, 4.69) is 10.6 Å². The van der Waals surface area contributed by atoms with Crippen LogP contribution in [0.3, 0.4) is 0 Å². The number of hydrogen-bond acceptors (Lipinski definition) is 7. The zero-order valence-corrected chi connectivity index (χ0v) is 14.6. The summed E-state index contributed by atoms with van der Waals surface area (Å²) in [6.07, 6.45) is 1.12. The monoisotopic (exact) mass is 381 g/mol. The van der Waals surface area contributed by atoms with Crippen LogP contribution in [-0.4, -0.2) is 23.8 Å². The molecule has 0 spiro atoms. The molecule has 0 aromatic heterocycles. The van der Waals surface area contributed by atoms with E-state index < -0.39 is 16.7 Å². The first kappa shape index (κ1) is 19.9. The first-order valence-corrected chi connectivity index (χ1v) is 7.76. The minimum Gasteiger partial charge on any atom is -0.494 e. The van der Waals surface area contributed by atoms with Crippen molar-refractivity contribution in [2.45, 2.75) is 0 Å². The van der Waals surface area contributed by atoms with Crippen molar-refractivity contribution in [3.63, 3.8) is 0 Å². The van der Waals surface area contributed by atoms with Crippen molar-refractivity contribution in [2.75, 3.05) is 17.7 Å². The molecular weight excluding hydrogens is 366 g/mol. The summed E-state index contributed by atoms with van der Waals surface area (Å²) in [4.78, 5) is 34.0. The van der Waals surface area contributed by atoms with Crippen LogP contribution in [0.4, 0.5) is 17.1 Å². The molecule has 28 heavy (non-hydrogen) atoms. The summed E-state index contributed by atoms with van der Waals surface area (Å²) in [5.41, 5.74) is 5.42. The molecule has 0 atom stereocenters. The second-order valence-electron chi connectivity index (χ2n) is 5.32. The van der Waals surface area contributed by atoms with Crippen LogP contribution in [0.15, 0.2) is 54.2 Å². The van der Waals surface area contributed by atoms with Gasteiger partial charge in [0, 0.05) is 12.3 Å². The van der Waals surface area contributed by atoms with Gasteiger partial charge < -0.3 is 21.1 Å². The van der Waals surface area contributed by atoms with Crippen molar-refractivity contribution >= 4 is 28.9 Å². The summed E-state index contributed by atoms with van der Waals surface area (Å²) in [7, 11) is 1.29. The van der Waals surface area contributed by atoms with E-state index in [-0.39, 0.29) is 28.3 Å². The second-order valence-corrected chi connectivity index (χ2v) is 5.32. The largest absolute Gasteiger partial charge is 0.494 e. The van der Waals surface area contributed by atoms with Gasteiger partial charge in [-0.1, -0.05) is 12.1 Å². The Morgan fingerprint density at radius 3 is 2.57 bits per heavy atom. The maximum absolute atomic E-state index is 12.3. The summed E-state index contributed by atoms with van der Waals surface area (Å²) >= 11 is 0. The van der Waals surface area contributed by atoms with Crippen LogP contribution in [0.5, 0.6) is 5.75 Å². The lowest BCUT2D eigenvalue weighted by Crippen LogP contribution is -2.16. The number of para-hydroxylation sites is 1. The van der Waals surface area contributed by atoms with Crippen molar-refractivity contribution in [3.05, 3.63) is 69.9 Å². The highest BCUT2D eigenvalue weighted by Gasteiger charge is 2.16. The zero-order chi connectivity index (χ0) is 20.7. The van der Waals surface area contributed by atoms with Gasteiger partial charge in [0.25, 0.3) is 17.5 Å². The number of nitriles is 1. The molecule has 2 rings (SSSR count). The first-order valence-electron chi connectivity index (χ1n) is 7.76. The average Bonchev–Trinajstić information content (AvgIpc) is 2.68. The van der Waals surface area contributed by atoms with Gasteiger partial charge in [-0.15, -0.1) is 0 Å². The van der Waals surface area contributed by atoms with Crippen molar-refractivity contribution in [3.8, 4) is 11.8 Å². The zero-order valence-electron chi connectivity index (χ0n) is 14.6. The third-order valence-corrected chi connectivity index (χ3v) is 3.57. The molecule has 0 aliphatic carbocycles. The van der Waals surface area contributed by atoms with E-state index in [0.717, 1.165) is 12.3 Å². The van der Waals surface area contributed by atoms with E-state index in [9.17, 15) is 25.0 Å². The average molecular weight is 381 g/mol. The molecule has 10 heteroatoms. The highest BCUT2D eigenvalue weighted by Crippen LogP contribution is 2.29. The fourth-order valence-electron chi connectivity index (χ4n) is 2.21. The smallest absolute Gasteiger partial charge is 0.273 e. The molecule has 4 N–H and O–H groups in total. The number of nitro groups is 1. The Kier molecular flexibility index (Phi) is 6.27. The molecule has 2 amide bonds. The minimum absolute atomic E-state index is 0.0619. The van der Waals surface area contributed by atoms with E-state index in [1.54, 1.807) is 24.3 Å². The fourth-order valence-corrected chi connectivity index (χ4v) is 2.21. The quantitative estimate of drug-likeness (QED) is 0.286. The normalized spacial score (nSPS) is 10.5. The molecule has 0 saturated carbocycles. The van der Waals surface area contributed by atoms with Gasteiger partial charge in [0.05, 0.1) is 35.0 Å². The van der Waals surface area contributed by atoms with Gasteiger partial charge in [0.1, 0.15) is 17.4 Å². The number of benzene rings is 2. The number of hydrogen-bond donors (Lipinski definition) is 3. The fraction of sp³-hybridized carbons (Fsp3) is 0.0556. The minimum atomic E-state index is -0.779. The molecule has 2 aromatic carbocycles. The number of rotatable bonds is 7. The Balaban J connectivity index is 2.23. The van der Waals surface area contributed by atoms with Crippen LogP contribution in [0.25, 0.3) is 0 Å². The third-order valence-electron chi connectivity index (χ3n) is 3.57. The van der Waals surface area contributed by atoms with Gasteiger partial charge in [0.15, 0.2) is 0 Å². The summed E-state index contributed by atoms with van der Waals surface area (Å²) in [5.74, 6) is -1.39. The number of nitrogens with two attached hydrogens (primary N) is 1. The van der Waals surface area contributed by atoms with Gasteiger partial charge in [-0.25, -0.2) is 0 Å². The number of primary amides is 1. The molecule has 0 aliphatic rings. The van der Waals surface area contributed by atoms with E-state index in [1.807, 2.05) is 0 Å². The number of nitro benzene ring substituents is 1. The number of ether oxygens (including phenoxy) is 1. The van der Waals surface area contributed by atoms with Crippen LogP contribution in [0.2, 0.25) is 0 Å². The Morgan fingerprint density at radius 1 is 1.25 bits per heavy atom. The van der Waals surface area contributed by atoms with Crippen molar-refractivity contribution in [1.82, 2.24) is 0 Å². The van der Waals surface area contributed by atoms with Gasteiger partial charge in [-0.3, -0.25) is 19.7 Å². The molecule has 0 heterocycles. The maximum atomic E-state index is 12.3. The number of amides is 2. The molecule has 0 saturated heterocycles. The summed E-state index contributed by atoms with van der Waals surface area (Å²) in [6.45, 7) is 0. The van der Waals surface area contributed by atoms with Crippen molar-refractivity contribution in [2.24, 2.45) is 5.73 Å². The molecule has 2 aromatic rings. The van der Waals surface area contributed by atoms with Crippen LogP contribution >= 0.6 is 0 Å². The summed E-state index contributed by atoms with van der Waals surface area (Å²) in [6, 6.07) is 11.7. The molecule has 0 unspecified atom stereocenters. The Hall–Kier alpha value is -4.39. The number of carbonyl (C=O) groups excluding carboxylic acids is 2. The summed E-state index contributed by atoms with van der Waals surface area (Å²) in [5, 5.41) is 25.2. The second kappa shape index (κ2) is 8.81. The Labute approximate surface area is 159 Å². The predicted molar refractivity (Wildman–Crippen MR) is 101 cm³/mol. The number of non-ortho nitro benzene ring substituents is 1. The topological polar surface area (TPSA) is 160 Å². The number of methoxy groups -OCH3 is 1. The number of carbonyl (C=O) groups is 2. The van der Waals surface area contributed by atoms with E-state index >= 15 is 0 Å². The highest BCUT2D eigenvalue weighted by atomic mass is 16.6. The number of anilines is 2. The molecule has 0 aliphatic heterocycles. The number of nitrogens with zero attached hydrogens (tertiary/aromatic N) is 2. The molecule has 0 radical (unpaired) electrons. The Bertz CT molecular complexity index is 1010. The lowest BCUT2D eigenvalue weighted by molar-refractivity contribution is -0.384. The molecule has 10 nitrogen and oxygen atoms in total. The molecule has 142 valence electrons.